The Labute approximate surface area is 123 Å². The van der Waals surface area contributed by atoms with Crippen LogP contribution in [0.2, 0.25) is 0 Å². The highest BCUT2D eigenvalue weighted by atomic mass is 16.5. The van der Waals surface area contributed by atoms with Gasteiger partial charge in [0.2, 0.25) is 0 Å². The second-order valence-corrected chi connectivity index (χ2v) is 4.56. The Kier molecular flexibility index (Phi) is 4.66. The highest BCUT2D eigenvalue weighted by molar-refractivity contribution is 5.92. The van der Waals surface area contributed by atoms with Crippen molar-refractivity contribution in [2.75, 3.05) is 24.8 Å². The second kappa shape index (κ2) is 6.65. The number of carbonyl (C=O) groups excluding carboxylic acids is 1. The van der Waals surface area contributed by atoms with E-state index in [-0.39, 0.29) is 12.5 Å². The number of benzene rings is 2. The molecule has 0 spiro atoms. The van der Waals surface area contributed by atoms with E-state index in [1.165, 1.54) is 0 Å². The summed E-state index contributed by atoms with van der Waals surface area (Å²) in [7, 11) is 1.54. The van der Waals surface area contributed by atoms with Crippen molar-refractivity contribution in [1.29, 1.82) is 0 Å². The predicted octanol–water partition coefficient (Wildman–Crippen LogP) is 2.60. The number of anilines is 2. The maximum absolute atomic E-state index is 11.9. The lowest BCUT2D eigenvalue weighted by molar-refractivity contribution is -0.118. The first-order valence-electron chi connectivity index (χ1n) is 6.52. The minimum atomic E-state index is -0.247. The van der Waals surface area contributed by atoms with Gasteiger partial charge in [-0.25, -0.2) is 0 Å². The molecule has 0 aliphatic heterocycles. The molecule has 2 rings (SSSR count). The van der Waals surface area contributed by atoms with E-state index in [0.717, 1.165) is 5.56 Å². The number of nitrogen functional groups attached to an aromatic ring is 1. The number of hydrogen-bond acceptors (Lipinski definition) is 4. The van der Waals surface area contributed by atoms with E-state index in [9.17, 15) is 4.79 Å². The molecule has 5 heteroatoms. The van der Waals surface area contributed by atoms with Gasteiger partial charge in [-0.05, 0) is 36.8 Å². The minimum Gasteiger partial charge on any atom is -0.495 e. The van der Waals surface area contributed by atoms with Gasteiger partial charge in [-0.1, -0.05) is 18.2 Å². The highest BCUT2D eigenvalue weighted by Crippen LogP contribution is 2.24. The van der Waals surface area contributed by atoms with E-state index in [0.29, 0.717) is 22.9 Å². The van der Waals surface area contributed by atoms with Crippen molar-refractivity contribution in [3.8, 4) is 11.5 Å². The largest absolute Gasteiger partial charge is 0.495 e. The van der Waals surface area contributed by atoms with E-state index >= 15 is 0 Å². The van der Waals surface area contributed by atoms with Crippen molar-refractivity contribution in [3.63, 3.8) is 0 Å². The Morgan fingerprint density at radius 2 is 1.95 bits per heavy atom. The summed E-state index contributed by atoms with van der Waals surface area (Å²) in [6.45, 7) is 1.87. The van der Waals surface area contributed by atoms with Gasteiger partial charge < -0.3 is 20.5 Å². The maximum atomic E-state index is 11.9. The SMILES string of the molecule is COc1ccc(NC(=O)COc2ccccc2C)cc1N. The van der Waals surface area contributed by atoms with E-state index in [1.54, 1.807) is 25.3 Å². The molecule has 0 saturated carbocycles. The van der Waals surface area contributed by atoms with Crippen molar-refractivity contribution in [2.24, 2.45) is 0 Å². The summed E-state index contributed by atoms with van der Waals surface area (Å²) >= 11 is 0. The zero-order valence-electron chi connectivity index (χ0n) is 12.1. The standard InChI is InChI=1S/C16H18N2O3/c1-11-5-3-4-6-14(11)21-10-16(19)18-12-7-8-15(20-2)13(17)9-12/h3-9H,10,17H2,1-2H3,(H,18,19). The first-order chi connectivity index (χ1) is 10.1. The van der Waals surface area contributed by atoms with Crippen LogP contribution in [0.25, 0.3) is 0 Å². The molecule has 5 nitrogen and oxygen atoms in total. The number of rotatable bonds is 5. The first kappa shape index (κ1) is 14.7. The van der Waals surface area contributed by atoms with Crippen LogP contribution in [0.1, 0.15) is 5.56 Å². The van der Waals surface area contributed by atoms with Gasteiger partial charge in [0.25, 0.3) is 5.91 Å². The lowest BCUT2D eigenvalue weighted by Crippen LogP contribution is -2.20. The Hall–Kier alpha value is -2.69. The van der Waals surface area contributed by atoms with Crippen LogP contribution in [0.5, 0.6) is 11.5 Å². The van der Waals surface area contributed by atoms with Gasteiger partial charge >= 0.3 is 0 Å². The number of para-hydroxylation sites is 1. The van der Waals surface area contributed by atoms with Crippen LogP contribution in [0.4, 0.5) is 11.4 Å². The molecule has 2 aromatic rings. The number of methoxy groups -OCH3 is 1. The van der Waals surface area contributed by atoms with E-state index < -0.39 is 0 Å². The molecule has 0 aliphatic carbocycles. The monoisotopic (exact) mass is 286 g/mol. The quantitative estimate of drug-likeness (QED) is 0.829. The number of amides is 1. The van der Waals surface area contributed by atoms with E-state index in [1.807, 2.05) is 31.2 Å². The smallest absolute Gasteiger partial charge is 0.262 e. The van der Waals surface area contributed by atoms with Gasteiger partial charge in [0.15, 0.2) is 6.61 Å². The van der Waals surface area contributed by atoms with Crippen molar-refractivity contribution in [2.45, 2.75) is 6.92 Å². The number of ether oxygens (including phenoxy) is 2. The number of aryl methyl sites for hydroxylation is 1. The third kappa shape index (κ3) is 3.89. The molecule has 0 unspecified atom stereocenters. The van der Waals surface area contributed by atoms with Gasteiger partial charge in [0, 0.05) is 5.69 Å². The van der Waals surface area contributed by atoms with Crippen LogP contribution >= 0.6 is 0 Å². The summed E-state index contributed by atoms with van der Waals surface area (Å²) in [6.07, 6.45) is 0. The molecule has 1 amide bonds. The third-order valence-electron chi connectivity index (χ3n) is 2.97. The Bertz CT molecular complexity index is 641. The molecule has 0 heterocycles. The molecule has 3 N–H and O–H groups in total. The van der Waals surface area contributed by atoms with E-state index in [2.05, 4.69) is 5.32 Å². The third-order valence-corrected chi connectivity index (χ3v) is 2.97. The fourth-order valence-corrected chi connectivity index (χ4v) is 1.87. The Morgan fingerprint density at radius 3 is 2.62 bits per heavy atom. The summed E-state index contributed by atoms with van der Waals surface area (Å²) in [6, 6.07) is 12.6. The van der Waals surface area contributed by atoms with Crippen LogP contribution in [-0.4, -0.2) is 19.6 Å². The topological polar surface area (TPSA) is 73.6 Å². The molecule has 0 atom stereocenters. The summed E-state index contributed by atoms with van der Waals surface area (Å²) in [5.74, 6) is 1.02. The molecular formula is C16H18N2O3. The zero-order valence-corrected chi connectivity index (χ0v) is 12.1. The molecule has 0 radical (unpaired) electrons. The number of hydrogen-bond donors (Lipinski definition) is 2. The molecule has 0 bridgehead atoms. The molecule has 21 heavy (non-hydrogen) atoms. The molecule has 0 aliphatic rings. The number of nitrogens with two attached hydrogens (primary N) is 1. The fourth-order valence-electron chi connectivity index (χ4n) is 1.87. The first-order valence-corrected chi connectivity index (χ1v) is 6.52. The van der Waals surface area contributed by atoms with Crippen LogP contribution in [0.15, 0.2) is 42.5 Å². The summed E-state index contributed by atoms with van der Waals surface area (Å²) in [4.78, 5) is 11.9. The molecule has 0 saturated heterocycles. The fraction of sp³-hybridized carbons (Fsp3) is 0.188. The normalized spacial score (nSPS) is 10.0. The maximum Gasteiger partial charge on any atom is 0.262 e. The summed E-state index contributed by atoms with van der Waals surface area (Å²) < 4.78 is 10.5. The Balaban J connectivity index is 1.93. The lowest BCUT2D eigenvalue weighted by Gasteiger charge is -2.10. The van der Waals surface area contributed by atoms with Crippen molar-refractivity contribution in [3.05, 3.63) is 48.0 Å². The summed E-state index contributed by atoms with van der Waals surface area (Å²) in [5.41, 5.74) is 7.84. The van der Waals surface area contributed by atoms with Crippen LogP contribution in [-0.2, 0) is 4.79 Å². The molecular weight excluding hydrogens is 268 g/mol. The molecule has 2 aromatic carbocycles. The van der Waals surface area contributed by atoms with Crippen molar-refractivity contribution < 1.29 is 14.3 Å². The van der Waals surface area contributed by atoms with E-state index in [4.69, 9.17) is 15.2 Å². The van der Waals surface area contributed by atoms with Crippen LogP contribution < -0.4 is 20.5 Å². The Morgan fingerprint density at radius 1 is 1.19 bits per heavy atom. The molecule has 110 valence electrons. The zero-order chi connectivity index (χ0) is 15.2. The van der Waals surface area contributed by atoms with Gasteiger partial charge in [0.05, 0.1) is 12.8 Å². The van der Waals surface area contributed by atoms with Gasteiger partial charge in [-0.2, -0.15) is 0 Å². The average Bonchev–Trinajstić information content (AvgIpc) is 2.46. The predicted molar refractivity (Wildman–Crippen MR) is 82.7 cm³/mol. The minimum absolute atomic E-state index is 0.0587. The lowest BCUT2D eigenvalue weighted by atomic mass is 10.2. The van der Waals surface area contributed by atoms with Crippen LogP contribution in [0.3, 0.4) is 0 Å². The highest BCUT2D eigenvalue weighted by Gasteiger charge is 2.07. The van der Waals surface area contributed by atoms with Crippen molar-refractivity contribution in [1.82, 2.24) is 0 Å². The summed E-state index contributed by atoms with van der Waals surface area (Å²) in [5, 5.41) is 2.72. The molecule has 0 aromatic heterocycles. The van der Waals surface area contributed by atoms with Gasteiger partial charge in [0.1, 0.15) is 11.5 Å². The number of carbonyl (C=O) groups is 1. The van der Waals surface area contributed by atoms with Gasteiger partial charge in [-0.15, -0.1) is 0 Å². The second-order valence-electron chi connectivity index (χ2n) is 4.56. The number of nitrogens with one attached hydrogen (secondary N) is 1. The molecule has 0 fully saturated rings. The van der Waals surface area contributed by atoms with Gasteiger partial charge in [-0.3, -0.25) is 4.79 Å². The van der Waals surface area contributed by atoms with Crippen molar-refractivity contribution >= 4 is 17.3 Å². The van der Waals surface area contributed by atoms with Crippen LogP contribution in [0, 0.1) is 6.92 Å². The average molecular weight is 286 g/mol.